The first-order valence-electron chi connectivity index (χ1n) is 6.91. The van der Waals surface area contributed by atoms with Crippen LogP contribution in [0.15, 0.2) is 22.6 Å². The summed E-state index contributed by atoms with van der Waals surface area (Å²) >= 11 is 0. The number of hydrogen-bond acceptors (Lipinski definition) is 5. The summed E-state index contributed by atoms with van der Waals surface area (Å²) in [4.78, 5) is 18.1. The van der Waals surface area contributed by atoms with Gasteiger partial charge in [0.1, 0.15) is 5.52 Å². The average Bonchev–Trinajstić information content (AvgIpc) is 3.07. The third-order valence-corrected chi connectivity index (χ3v) is 3.52. The van der Waals surface area contributed by atoms with E-state index in [1.807, 2.05) is 17.0 Å². The zero-order valence-electron chi connectivity index (χ0n) is 11.3. The van der Waals surface area contributed by atoms with Crippen molar-refractivity contribution in [3.8, 4) is 0 Å². The van der Waals surface area contributed by atoms with E-state index in [1.54, 1.807) is 6.07 Å². The Balaban J connectivity index is 1.57. The highest BCUT2D eigenvalue weighted by molar-refractivity contribution is 5.86. The maximum absolute atomic E-state index is 11.9. The quantitative estimate of drug-likeness (QED) is 0.831. The van der Waals surface area contributed by atoms with Crippen molar-refractivity contribution in [2.75, 3.05) is 30.7 Å². The van der Waals surface area contributed by atoms with Crippen molar-refractivity contribution in [2.45, 2.75) is 19.3 Å². The molecule has 0 spiro atoms. The summed E-state index contributed by atoms with van der Waals surface area (Å²) in [5.41, 5.74) is 7.71. The van der Waals surface area contributed by atoms with Gasteiger partial charge in [0.05, 0.1) is 5.69 Å². The van der Waals surface area contributed by atoms with Gasteiger partial charge in [0, 0.05) is 26.1 Å². The number of benzene rings is 1. The highest BCUT2D eigenvalue weighted by atomic mass is 16.4. The van der Waals surface area contributed by atoms with E-state index in [0.717, 1.165) is 25.9 Å². The van der Waals surface area contributed by atoms with Crippen LogP contribution in [-0.2, 0) is 4.79 Å². The second kappa shape index (κ2) is 5.40. The molecule has 106 valence electrons. The molecule has 0 bridgehead atoms. The highest BCUT2D eigenvalue weighted by Crippen LogP contribution is 2.23. The lowest BCUT2D eigenvalue weighted by Gasteiger charge is -2.14. The molecular weight excluding hydrogens is 256 g/mol. The number of aromatic nitrogens is 1. The van der Waals surface area contributed by atoms with E-state index in [1.165, 1.54) is 0 Å². The number of anilines is 2. The van der Waals surface area contributed by atoms with E-state index in [9.17, 15) is 4.79 Å². The predicted molar refractivity (Wildman–Crippen MR) is 77.3 cm³/mol. The number of nitrogen functional groups attached to an aromatic ring is 1. The molecule has 2 aromatic rings. The molecule has 6 nitrogen and oxygen atoms in total. The van der Waals surface area contributed by atoms with Gasteiger partial charge in [0.2, 0.25) is 5.91 Å². The smallest absolute Gasteiger partial charge is 0.295 e. The van der Waals surface area contributed by atoms with Crippen molar-refractivity contribution < 1.29 is 9.21 Å². The third kappa shape index (κ3) is 2.54. The Morgan fingerprint density at radius 1 is 1.40 bits per heavy atom. The van der Waals surface area contributed by atoms with E-state index in [-0.39, 0.29) is 5.91 Å². The van der Waals surface area contributed by atoms with Crippen LogP contribution in [-0.4, -0.2) is 35.4 Å². The van der Waals surface area contributed by atoms with Gasteiger partial charge in [-0.25, -0.2) is 0 Å². The Hall–Kier alpha value is -2.24. The number of carbonyl (C=O) groups excluding carboxylic acids is 1. The summed E-state index contributed by atoms with van der Waals surface area (Å²) < 4.78 is 5.53. The molecule has 1 fully saturated rings. The summed E-state index contributed by atoms with van der Waals surface area (Å²) in [6.45, 7) is 2.29. The van der Waals surface area contributed by atoms with E-state index in [4.69, 9.17) is 10.2 Å². The SMILES string of the molecule is Nc1cccc2oc(NCCC(=O)N3CCCC3)nc12. The summed E-state index contributed by atoms with van der Waals surface area (Å²) in [5.74, 6) is 0.186. The third-order valence-electron chi connectivity index (χ3n) is 3.52. The number of nitrogens with zero attached hydrogens (tertiary/aromatic N) is 2. The number of hydrogen-bond donors (Lipinski definition) is 2. The van der Waals surface area contributed by atoms with Crippen LogP contribution in [0.2, 0.25) is 0 Å². The van der Waals surface area contributed by atoms with E-state index in [2.05, 4.69) is 10.3 Å². The van der Waals surface area contributed by atoms with Crippen LogP contribution in [0.4, 0.5) is 11.7 Å². The van der Waals surface area contributed by atoms with Crippen LogP contribution < -0.4 is 11.1 Å². The minimum atomic E-state index is 0.186. The monoisotopic (exact) mass is 274 g/mol. The van der Waals surface area contributed by atoms with Crippen LogP contribution in [0.1, 0.15) is 19.3 Å². The summed E-state index contributed by atoms with van der Waals surface area (Å²) in [5, 5.41) is 3.03. The topological polar surface area (TPSA) is 84.4 Å². The molecule has 3 N–H and O–H groups in total. The Bertz CT molecular complexity index is 617. The summed E-state index contributed by atoms with van der Waals surface area (Å²) in [6, 6.07) is 5.83. The Kier molecular flexibility index (Phi) is 3.45. The Morgan fingerprint density at radius 2 is 2.20 bits per heavy atom. The van der Waals surface area contributed by atoms with E-state index < -0.39 is 0 Å². The zero-order valence-corrected chi connectivity index (χ0v) is 11.3. The second-order valence-electron chi connectivity index (χ2n) is 4.98. The van der Waals surface area contributed by atoms with Crippen LogP contribution in [0.25, 0.3) is 11.1 Å². The number of nitrogens with two attached hydrogens (primary N) is 1. The second-order valence-corrected chi connectivity index (χ2v) is 4.98. The minimum absolute atomic E-state index is 0.186. The number of amides is 1. The number of oxazole rings is 1. The van der Waals surface area contributed by atoms with Gasteiger partial charge in [-0.1, -0.05) is 6.07 Å². The normalized spacial score (nSPS) is 14.9. The van der Waals surface area contributed by atoms with Gasteiger partial charge in [-0.2, -0.15) is 4.98 Å². The van der Waals surface area contributed by atoms with Gasteiger partial charge in [-0.3, -0.25) is 4.79 Å². The molecule has 1 aliphatic rings. The molecular formula is C14H18N4O2. The lowest BCUT2D eigenvalue weighted by Crippen LogP contribution is -2.29. The van der Waals surface area contributed by atoms with Crippen molar-refractivity contribution in [2.24, 2.45) is 0 Å². The maximum atomic E-state index is 11.9. The van der Waals surface area contributed by atoms with Gasteiger partial charge < -0.3 is 20.4 Å². The van der Waals surface area contributed by atoms with Gasteiger partial charge in [-0.15, -0.1) is 0 Å². The number of rotatable bonds is 4. The lowest BCUT2D eigenvalue weighted by molar-refractivity contribution is -0.129. The zero-order chi connectivity index (χ0) is 13.9. The van der Waals surface area contributed by atoms with Crippen LogP contribution in [0.5, 0.6) is 0 Å². The fraction of sp³-hybridized carbons (Fsp3) is 0.429. The molecule has 0 saturated carbocycles. The largest absolute Gasteiger partial charge is 0.423 e. The minimum Gasteiger partial charge on any atom is -0.423 e. The fourth-order valence-corrected chi connectivity index (χ4v) is 2.45. The number of carbonyl (C=O) groups is 1. The first-order chi connectivity index (χ1) is 9.74. The van der Waals surface area contributed by atoms with Gasteiger partial charge in [0.25, 0.3) is 6.01 Å². The molecule has 2 heterocycles. The summed E-state index contributed by atoms with van der Waals surface area (Å²) in [7, 11) is 0. The number of nitrogens with one attached hydrogen (secondary N) is 1. The van der Waals surface area contributed by atoms with Gasteiger partial charge >= 0.3 is 0 Å². The van der Waals surface area contributed by atoms with Crippen molar-refractivity contribution in [1.82, 2.24) is 9.88 Å². The van der Waals surface area contributed by atoms with Crippen molar-refractivity contribution >= 4 is 28.7 Å². The molecule has 0 unspecified atom stereocenters. The van der Waals surface area contributed by atoms with Crippen LogP contribution in [0.3, 0.4) is 0 Å². The lowest BCUT2D eigenvalue weighted by atomic mass is 10.3. The first kappa shape index (κ1) is 12.8. The van der Waals surface area contributed by atoms with Gasteiger partial charge in [0.15, 0.2) is 5.58 Å². The fourth-order valence-electron chi connectivity index (χ4n) is 2.45. The highest BCUT2D eigenvalue weighted by Gasteiger charge is 2.17. The molecule has 1 aromatic carbocycles. The average molecular weight is 274 g/mol. The molecule has 1 amide bonds. The molecule has 1 aliphatic heterocycles. The first-order valence-corrected chi connectivity index (χ1v) is 6.91. The number of likely N-dealkylation sites (tertiary alicyclic amines) is 1. The van der Waals surface area contributed by atoms with Crippen LogP contribution in [0, 0.1) is 0 Å². The molecule has 3 rings (SSSR count). The molecule has 1 aromatic heterocycles. The molecule has 0 atom stereocenters. The van der Waals surface area contributed by atoms with Crippen LogP contribution >= 0.6 is 0 Å². The maximum Gasteiger partial charge on any atom is 0.295 e. The van der Waals surface area contributed by atoms with E-state index >= 15 is 0 Å². The molecule has 0 aliphatic carbocycles. The molecule has 20 heavy (non-hydrogen) atoms. The number of para-hydroxylation sites is 1. The molecule has 1 saturated heterocycles. The molecule has 6 heteroatoms. The van der Waals surface area contributed by atoms with Crippen molar-refractivity contribution in [3.05, 3.63) is 18.2 Å². The molecule has 0 radical (unpaired) electrons. The number of fused-ring (bicyclic) bond motifs is 1. The predicted octanol–water partition coefficient (Wildman–Crippen LogP) is 1.83. The van der Waals surface area contributed by atoms with E-state index in [0.29, 0.717) is 35.8 Å². The van der Waals surface area contributed by atoms with Crippen molar-refractivity contribution in [1.29, 1.82) is 0 Å². The van der Waals surface area contributed by atoms with Crippen molar-refractivity contribution in [3.63, 3.8) is 0 Å². The standard InChI is InChI=1S/C14H18N4O2/c15-10-4-3-5-11-13(10)17-14(20-11)16-7-6-12(19)18-8-1-2-9-18/h3-5H,1-2,6-9,15H2,(H,16,17). The Morgan fingerprint density at radius 3 is 2.95 bits per heavy atom. The van der Waals surface area contributed by atoms with Gasteiger partial charge in [-0.05, 0) is 25.0 Å². The Labute approximate surface area is 116 Å². The summed E-state index contributed by atoms with van der Waals surface area (Å²) in [6.07, 6.45) is 2.68.